The number of rotatable bonds is 4. The fourth-order valence-electron chi connectivity index (χ4n) is 0.220. The van der Waals surface area contributed by atoms with Gasteiger partial charge in [-0.05, 0) is 0 Å². The molecule has 0 aliphatic carbocycles. The van der Waals surface area contributed by atoms with Gasteiger partial charge in [-0.25, -0.2) is 0 Å². The fourth-order valence-corrected chi connectivity index (χ4v) is 0.220. The Morgan fingerprint density at radius 1 is 2.00 bits per heavy atom. The second-order valence-electron chi connectivity index (χ2n) is 1.05. The molecule has 0 saturated heterocycles. The molecule has 7 heavy (non-hydrogen) atoms. The van der Waals surface area contributed by atoms with Gasteiger partial charge in [0.2, 0.25) is 0 Å². The molecule has 0 amide bonds. The van der Waals surface area contributed by atoms with E-state index in [1.165, 1.54) is 0 Å². The Morgan fingerprint density at radius 3 is 3.14 bits per heavy atom. The van der Waals surface area contributed by atoms with E-state index in [-0.39, 0.29) is 0 Å². The standard InChI is InChI=1S/C3H8BNO2/c1-7-4-5-2-3-6/h3-5H,2H2,1H3. The molecule has 0 aromatic rings. The van der Waals surface area contributed by atoms with Gasteiger partial charge in [0.05, 0.1) is 0 Å². The molecule has 0 rings (SSSR count). The smallest absolute Gasteiger partial charge is 0.360 e. The molecular weight excluding hydrogens is 92.8 g/mol. The third-order valence-corrected chi connectivity index (χ3v) is 0.474. The Bertz CT molecular complexity index is 50.2. The summed E-state index contributed by atoms with van der Waals surface area (Å²) in [5.74, 6) is 0. The van der Waals surface area contributed by atoms with E-state index in [1.54, 1.807) is 7.11 Å². The van der Waals surface area contributed by atoms with Crippen LogP contribution in [0.4, 0.5) is 0 Å². The lowest BCUT2D eigenvalue weighted by Gasteiger charge is -1.90. The third-order valence-electron chi connectivity index (χ3n) is 0.474. The van der Waals surface area contributed by atoms with Gasteiger partial charge in [0.1, 0.15) is 6.29 Å². The zero-order valence-corrected chi connectivity index (χ0v) is 4.31. The number of carbonyl (C=O) groups is 1. The summed E-state index contributed by atoms with van der Waals surface area (Å²) in [7, 11) is 2.01. The van der Waals surface area contributed by atoms with Gasteiger partial charge in [0.25, 0.3) is 0 Å². The molecular formula is C3H8BNO2. The van der Waals surface area contributed by atoms with Gasteiger partial charge in [-0.15, -0.1) is 0 Å². The van der Waals surface area contributed by atoms with E-state index in [1.807, 2.05) is 0 Å². The fraction of sp³-hybridized carbons (Fsp3) is 0.667. The SMILES string of the molecule is COBNCC=O. The highest BCUT2D eigenvalue weighted by molar-refractivity contribution is 6.23. The van der Waals surface area contributed by atoms with Gasteiger partial charge in [-0.2, -0.15) is 0 Å². The molecule has 0 aromatic carbocycles. The van der Waals surface area contributed by atoms with Gasteiger partial charge in [-0.1, -0.05) is 0 Å². The second kappa shape index (κ2) is 5.65. The highest BCUT2D eigenvalue weighted by Crippen LogP contribution is 1.49. The van der Waals surface area contributed by atoms with Crippen LogP contribution in [-0.2, 0) is 9.45 Å². The number of aldehydes is 1. The maximum absolute atomic E-state index is 9.56. The van der Waals surface area contributed by atoms with Crippen molar-refractivity contribution >= 4 is 13.9 Å². The van der Waals surface area contributed by atoms with Crippen molar-refractivity contribution in [2.45, 2.75) is 0 Å². The van der Waals surface area contributed by atoms with E-state index < -0.39 is 0 Å². The first-order valence-electron chi connectivity index (χ1n) is 2.05. The first-order valence-corrected chi connectivity index (χ1v) is 2.05. The maximum Gasteiger partial charge on any atom is 0.360 e. The Morgan fingerprint density at radius 2 is 2.71 bits per heavy atom. The zero-order valence-electron chi connectivity index (χ0n) is 4.31. The molecule has 0 fully saturated rings. The van der Waals surface area contributed by atoms with Crippen molar-refractivity contribution in [3.05, 3.63) is 0 Å². The number of hydrogen-bond donors (Lipinski definition) is 1. The van der Waals surface area contributed by atoms with Crippen molar-refractivity contribution in [1.82, 2.24) is 5.23 Å². The minimum Gasteiger partial charge on any atom is -0.427 e. The normalized spacial score (nSPS) is 8.14. The third kappa shape index (κ3) is 5.65. The van der Waals surface area contributed by atoms with E-state index in [9.17, 15) is 4.79 Å². The Balaban J connectivity index is 2.56. The summed E-state index contributed by atoms with van der Waals surface area (Å²) >= 11 is 0. The summed E-state index contributed by atoms with van der Waals surface area (Å²) in [5.41, 5.74) is 0. The number of nitrogens with one attached hydrogen (secondary N) is 1. The summed E-state index contributed by atoms with van der Waals surface area (Å²) in [6.07, 6.45) is 0.791. The first kappa shape index (κ1) is 6.65. The molecule has 0 heterocycles. The molecule has 0 saturated carbocycles. The van der Waals surface area contributed by atoms with Crippen LogP contribution in [0, 0.1) is 0 Å². The Hall–Kier alpha value is -0.345. The molecule has 0 radical (unpaired) electrons. The topological polar surface area (TPSA) is 38.3 Å². The lowest BCUT2D eigenvalue weighted by Crippen LogP contribution is -2.22. The predicted octanol–water partition coefficient (Wildman–Crippen LogP) is -1.31. The van der Waals surface area contributed by atoms with Crippen LogP contribution in [0.25, 0.3) is 0 Å². The lowest BCUT2D eigenvalue weighted by atomic mass is 10.3. The molecule has 0 spiro atoms. The van der Waals surface area contributed by atoms with Crippen LogP contribution in [0.1, 0.15) is 0 Å². The van der Waals surface area contributed by atoms with Crippen LogP contribution in [0.5, 0.6) is 0 Å². The van der Waals surface area contributed by atoms with E-state index in [4.69, 9.17) is 0 Å². The van der Waals surface area contributed by atoms with Crippen molar-refractivity contribution in [2.24, 2.45) is 0 Å². The minimum atomic E-state index is 0.369. The molecule has 0 unspecified atom stereocenters. The molecule has 40 valence electrons. The zero-order chi connectivity index (χ0) is 5.54. The highest BCUT2D eigenvalue weighted by atomic mass is 16.4. The van der Waals surface area contributed by atoms with Gasteiger partial charge in [0, 0.05) is 13.7 Å². The summed E-state index contributed by atoms with van der Waals surface area (Å²) in [4.78, 5) is 9.56. The van der Waals surface area contributed by atoms with E-state index >= 15 is 0 Å². The maximum atomic E-state index is 9.56. The van der Waals surface area contributed by atoms with Crippen molar-refractivity contribution in [3.8, 4) is 0 Å². The largest absolute Gasteiger partial charge is 0.427 e. The summed E-state index contributed by atoms with van der Waals surface area (Å²) < 4.78 is 4.57. The van der Waals surface area contributed by atoms with Gasteiger partial charge in [0.15, 0.2) is 0 Å². The van der Waals surface area contributed by atoms with Crippen LogP contribution < -0.4 is 5.23 Å². The Labute approximate surface area is 43.3 Å². The highest BCUT2D eigenvalue weighted by Gasteiger charge is 1.81. The van der Waals surface area contributed by atoms with Crippen LogP contribution in [0.3, 0.4) is 0 Å². The second-order valence-corrected chi connectivity index (χ2v) is 1.05. The van der Waals surface area contributed by atoms with Gasteiger partial charge in [-0.3, -0.25) is 0 Å². The van der Waals surface area contributed by atoms with Crippen LogP contribution in [0.15, 0.2) is 0 Å². The minimum absolute atomic E-state index is 0.369. The average molecular weight is 101 g/mol. The average Bonchev–Trinajstić information content (AvgIpc) is 1.69. The summed E-state index contributed by atoms with van der Waals surface area (Å²) in [5, 5.41) is 2.69. The Kier molecular flexibility index (Phi) is 5.38. The predicted molar refractivity (Wildman–Crippen MR) is 28.2 cm³/mol. The number of hydrogen-bond acceptors (Lipinski definition) is 3. The monoisotopic (exact) mass is 101 g/mol. The molecule has 0 aromatic heterocycles. The van der Waals surface area contributed by atoms with Crippen molar-refractivity contribution < 1.29 is 9.45 Å². The number of carbonyl (C=O) groups excluding carboxylic acids is 1. The molecule has 0 bridgehead atoms. The summed E-state index contributed by atoms with van der Waals surface area (Å²) in [6, 6.07) is 0. The van der Waals surface area contributed by atoms with E-state index in [0.717, 1.165) is 6.29 Å². The van der Waals surface area contributed by atoms with E-state index in [0.29, 0.717) is 14.2 Å². The first-order chi connectivity index (χ1) is 3.41. The summed E-state index contributed by atoms with van der Waals surface area (Å²) in [6.45, 7) is 0.369. The van der Waals surface area contributed by atoms with Gasteiger partial charge < -0.3 is 14.7 Å². The molecule has 0 aliphatic heterocycles. The molecule has 3 nitrogen and oxygen atoms in total. The quantitative estimate of drug-likeness (QED) is 0.271. The van der Waals surface area contributed by atoms with Crippen molar-refractivity contribution in [3.63, 3.8) is 0 Å². The molecule has 0 atom stereocenters. The van der Waals surface area contributed by atoms with E-state index in [2.05, 4.69) is 9.88 Å². The van der Waals surface area contributed by atoms with Crippen LogP contribution in [-0.4, -0.2) is 27.6 Å². The van der Waals surface area contributed by atoms with Gasteiger partial charge >= 0.3 is 7.62 Å². The van der Waals surface area contributed by atoms with Crippen molar-refractivity contribution in [2.75, 3.05) is 13.7 Å². The van der Waals surface area contributed by atoms with Crippen LogP contribution in [0.2, 0.25) is 0 Å². The lowest BCUT2D eigenvalue weighted by molar-refractivity contribution is -0.106. The van der Waals surface area contributed by atoms with Crippen molar-refractivity contribution in [1.29, 1.82) is 0 Å². The van der Waals surface area contributed by atoms with Crippen LogP contribution >= 0.6 is 0 Å². The molecule has 0 aliphatic rings. The molecule has 4 heteroatoms. The molecule has 1 N–H and O–H groups in total.